The van der Waals surface area contributed by atoms with Crippen LogP contribution in [0.2, 0.25) is 0 Å². The second-order valence-electron chi connectivity index (χ2n) is 7.68. The first-order valence-electron chi connectivity index (χ1n) is 10.0. The third-order valence-corrected chi connectivity index (χ3v) is 8.61. The van der Waals surface area contributed by atoms with E-state index in [1.54, 1.807) is 0 Å². The molecule has 2 aromatic heterocycles. The fourth-order valence-corrected chi connectivity index (χ4v) is 7.19. The average Bonchev–Trinajstić information content (AvgIpc) is 2.78. The number of hydrogen-bond donors (Lipinski definition) is 0. The lowest BCUT2D eigenvalue weighted by Crippen LogP contribution is -2.10. The topological polar surface area (TPSA) is 25.8 Å². The van der Waals surface area contributed by atoms with Crippen LogP contribution < -0.4 is 0 Å². The van der Waals surface area contributed by atoms with Gasteiger partial charge in [0.1, 0.15) is 0 Å². The molecule has 6 rings (SSSR count). The molecule has 1 aliphatic carbocycles. The van der Waals surface area contributed by atoms with Gasteiger partial charge < -0.3 is 0 Å². The van der Waals surface area contributed by atoms with E-state index in [4.69, 9.17) is 9.97 Å². The maximum Gasteiger partial charge on any atom is 0.0717 e. The highest BCUT2D eigenvalue weighted by atomic mass is 32.2. The summed E-state index contributed by atoms with van der Waals surface area (Å²) in [7, 11) is 0. The van der Waals surface area contributed by atoms with E-state index in [1.807, 2.05) is 29.7 Å². The van der Waals surface area contributed by atoms with Gasteiger partial charge in [-0.2, -0.15) is 0 Å². The van der Waals surface area contributed by atoms with Crippen molar-refractivity contribution in [2.24, 2.45) is 0 Å². The predicted molar refractivity (Wildman–Crippen MR) is 118 cm³/mol. The molecular formula is C24H20N2S2. The molecule has 4 aromatic rings. The van der Waals surface area contributed by atoms with Crippen LogP contribution in [0.1, 0.15) is 43.7 Å². The molecule has 3 heterocycles. The van der Waals surface area contributed by atoms with E-state index in [9.17, 15) is 0 Å². The summed E-state index contributed by atoms with van der Waals surface area (Å²) in [5.74, 6) is 0.592. The monoisotopic (exact) mass is 400 g/mol. The first kappa shape index (κ1) is 16.9. The Labute approximate surface area is 173 Å². The summed E-state index contributed by atoms with van der Waals surface area (Å²) in [5, 5.41) is 2.53. The molecule has 0 N–H and O–H groups in total. The minimum atomic E-state index is 0.592. The van der Waals surface area contributed by atoms with E-state index < -0.39 is 0 Å². The summed E-state index contributed by atoms with van der Waals surface area (Å²) in [6, 6.07) is 17.1. The molecule has 0 atom stereocenters. The van der Waals surface area contributed by atoms with Crippen LogP contribution in [0.4, 0.5) is 0 Å². The zero-order chi connectivity index (χ0) is 18.5. The molecule has 4 heteroatoms. The van der Waals surface area contributed by atoms with Crippen LogP contribution in [-0.2, 0) is 0 Å². The van der Waals surface area contributed by atoms with Crippen molar-refractivity contribution < 1.29 is 0 Å². The molecule has 0 unspecified atom stereocenters. The summed E-state index contributed by atoms with van der Waals surface area (Å²) in [6.45, 7) is 0. The zero-order valence-corrected chi connectivity index (χ0v) is 17.2. The molecule has 2 aromatic carbocycles. The predicted octanol–water partition coefficient (Wildman–Crippen LogP) is 7.45. The van der Waals surface area contributed by atoms with E-state index in [2.05, 4.69) is 48.5 Å². The number of nitrogens with zero attached hydrogens (tertiary/aromatic N) is 2. The largest absolute Gasteiger partial charge is 0.255 e. The number of pyridine rings is 2. The number of benzene rings is 2. The van der Waals surface area contributed by atoms with Crippen LogP contribution in [0.5, 0.6) is 0 Å². The molecular weight excluding hydrogens is 380 g/mol. The van der Waals surface area contributed by atoms with Crippen LogP contribution in [-0.4, -0.2) is 9.97 Å². The third-order valence-electron chi connectivity index (χ3n) is 5.93. The van der Waals surface area contributed by atoms with Crippen molar-refractivity contribution in [3.63, 3.8) is 0 Å². The number of hydrogen-bond acceptors (Lipinski definition) is 4. The van der Waals surface area contributed by atoms with Crippen molar-refractivity contribution in [2.75, 3.05) is 0 Å². The van der Waals surface area contributed by atoms with Crippen LogP contribution >= 0.6 is 23.5 Å². The van der Waals surface area contributed by atoms with Crippen LogP contribution in [0.15, 0.2) is 74.3 Å². The fraction of sp³-hybridized carbons (Fsp3) is 0.250. The molecule has 0 bridgehead atoms. The standard InChI is InChI=1S/C24H20N2S2/c1-2-8-15(9-3-1)21-24-23(17-11-5-7-13-19(17)26-21)27-20-14-25-18-12-6-4-10-16(18)22(20)28-24/h4-7,10-15H,1-3,8-9H2. The molecule has 1 saturated carbocycles. The molecule has 0 spiro atoms. The van der Waals surface area contributed by atoms with E-state index in [0.717, 1.165) is 11.0 Å². The van der Waals surface area contributed by atoms with Crippen LogP contribution in [0, 0.1) is 0 Å². The van der Waals surface area contributed by atoms with Crippen molar-refractivity contribution in [1.29, 1.82) is 0 Å². The molecule has 1 aliphatic heterocycles. The van der Waals surface area contributed by atoms with Gasteiger partial charge in [0, 0.05) is 42.5 Å². The normalized spacial score (nSPS) is 16.9. The van der Waals surface area contributed by atoms with Gasteiger partial charge in [-0.15, -0.1) is 0 Å². The van der Waals surface area contributed by atoms with Gasteiger partial charge in [0.05, 0.1) is 16.7 Å². The Kier molecular flexibility index (Phi) is 4.09. The summed E-state index contributed by atoms with van der Waals surface area (Å²) in [5.41, 5.74) is 3.54. The Morgan fingerprint density at radius 1 is 0.714 bits per heavy atom. The second-order valence-corrected chi connectivity index (χ2v) is 9.75. The maximum absolute atomic E-state index is 5.22. The highest BCUT2D eigenvalue weighted by molar-refractivity contribution is 8.05. The lowest BCUT2D eigenvalue weighted by molar-refractivity contribution is 0.432. The quantitative estimate of drug-likeness (QED) is 0.292. The second kappa shape index (κ2) is 6.78. The fourth-order valence-electron chi connectivity index (χ4n) is 4.52. The van der Waals surface area contributed by atoms with Gasteiger partial charge in [0.2, 0.25) is 0 Å². The molecule has 2 aliphatic rings. The first-order valence-corrected chi connectivity index (χ1v) is 11.7. The van der Waals surface area contributed by atoms with Crippen LogP contribution in [0.25, 0.3) is 21.8 Å². The van der Waals surface area contributed by atoms with E-state index >= 15 is 0 Å². The Morgan fingerprint density at radius 2 is 1.43 bits per heavy atom. The van der Waals surface area contributed by atoms with Gasteiger partial charge in [0.25, 0.3) is 0 Å². The van der Waals surface area contributed by atoms with Crippen molar-refractivity contribution in [2.45, 2.75) is 57.6 Å². The lowest BCUT2D eigenvalue weighted by atomic mass is 9.86. The Balaban J connectivity index is 1.60. The summed E-state index contributed by atoms with van der Waals surface area (Å²) in [4.78, 5) is 15.3. The molecule has 28 heavy (non-hydrogen) atoms. The number of fused-ring (bicyclic) bond motifs is 6. The van der Waals surface area contributed by atoms with E-state index in [1.165, 1.54) is 68.2 Å². The maximum atomic E-state index is 5.22. The van der Waals surface area contributed by atoms with Gasteiger partial charge >= 0.3 is 0 Å². The summed E-state index contributed by atoms with van der Waals surface area (Å²) >= 11 is 3.81. The zero-order valence-electron chi connectivity index (χ0n) is 15.5. The Morgan fingerprint density at radius 3 is 2.25 bits per heavy atom. The van der Waals surface area contributed by atoms with Gasteiger partial charge in [-0.05, 0) is 25.0 Å². The average molecular weight is 401 g/mol. The van der Waals surface area contributed by atoms with E-state index in [-0.39, 0.29) is 0 Å². The smallest absolute Gasteiger partial charge is 0.0717 e. The van der Waals surface area contributed by atoms with E-state index in [0.29, 0.717) is 5.92 Å². The van der Waals surface area contributed by atoms with Gasteiger partial charge in [-0.25, -0.2) is 0 Å². The molecule has 1 fully saturated rings. The van der Waals surface area contributed by atoms with Crippen molar-refractivity contribution in [1.82, 2.24) is 9.97 Å². The van der Waals surface area contributed by atoms with Gasteiger partial charge in [-0.1, -0.05) is 79.2 Å². The minimum Gasteiger partial charge on any atom is -0.255 e. The van der Waals surface area contributed by atoms with Crippen molar-refractivity contribution in [3.8, 4) is 0 Å². The Bertz CT molecular complexity index is 1210. The number of aromatic nitrogens is 2. The minimum absolute atomic E-state index is 0.592. The Hall–Kier alpha value is -2.04. The summed E-state index contributed by atoms with van der Waals surface area (Å²) in [6.07, 6.45) is 8.62. The molecule has 138 valence electrons. The van der Waals surface area contributed by atoms with Crippen molar-refractivity contribution in [3.05, 3.63) is 60.4 Å². The number of rotatable bonds is 1. The third kappa shape index (κ3) is 2.66. The highest BCUT2D eigenvalue weighted by Crippen LogP contribution is 2.55. The lowest BCUT2D eigenvalue weighted by Gasteiger charge is -2.28. The highest BCUT2D eigenvalue weighted by Gasteiger charge is 2.29. The molecule has 0 radical (unpaired) electrons. The first-order chi connectivity index (χ1) is 13.9. The van der Waals surface area contributed by atoms with Crippen LogP contribution in [0.3, 0.4) is 0 Å². The number of para-hydroxylation sites is 2. The molecule has 2 nitrogen and oxygen atoms in total. The van der Waals surface area contributed by atoms with Gasteiger partial charge in [-0.3, -0.25) is 9.97 Å². The molecule has 0 amide bonds. The molecule has 0 saturated heterocycles. The van der Waals surface area contributed by atoms with Gasteiger partial charge in [0.15, 0.2) is 0 Å². The summed E-state index contributed by atoms with van der Waals surface area (Å²) < 4.78 is 0. The van der Waals surface area contributed by atoms with Crippen molar-refractivity contribution >= 4 is 45.3 Å². The SMILES string of the molecule is c1ccc2c3c(cnc2c1)Sc1c(c(C2CCCCC2)nc2ccccc12)S3.